The second-order valence-electron chi connectivity index (χ2n) is 4.39. The van der Waals surface area contributed by atoms with Crippen LogP contribution in [-0.2, 0) is 0 Å². The Hall–Kier alpha value is -1.67. The van der Waals surface area contributed by atoms with Crippen LogP contribution in [0.15, 0.2) is 48.5 Å². The van der Waals surface area contributed by atoms with Gasteiger partial charge in [-0.05, 0) is 48.4 Å². The molecule has 18 heavy (non-hydrogen) atoms. The van der Waals surface area contributed by atoms with Crippen molar-refractivity contribution in [3.05, 3.63) is 59.9 Å². The Morgan fingerprint density at radius 3 is 2.33 bits per heavy atom. The third-order valence-corrected chi connectivity index (χ3v) is 3.20. The average molecular weight is 243 g/mol. The summed E-state index contributed by atoms with van der Waals surface area (Å²) in [5.74, 6) is -0.196. The maximum atomic E-state index is 13.2. The molecule has 1 nitrogen and oxygen atoms in total. The zero-order valence-electron chi connectivity index (χ0n) is 10.8. The third kappa shape index (κ3) is 2.77. The van der Waals surface area contributed by atoms with E-state index in [-0.39, 0.29) is 5.82 Å². The molecule has 2 aromatic rings. The highest BCUT2D eigenvalue weighted by molar-refractivity contribution is 5.64. The molecule has 0 heterocycles. The van der Waals surface area contributed by atoms with Crippen LogP contribution in [0.1, 0.15) is 24.9 Å². The summed E-state index contributed by atoms with van der Waals surface area (Å²) in [6, 6.07) is 15.3. The van der Waals surface area contributed by atoms with Crippen molar-refractivity contribution in [1.29, 1.82) is 0 Å². The van der Waals surface area contributed by atoms with Crippen molar-refractivity contribution in [2.75, 3.05) is 7.05 Å². The van der Waals surface area contributed by atoms with Gasteiger partial charge >= 0.3 is 0 Å². The smallest absolute Gasteiger partial charge is 0.123 e. The van der Waals surface area contributed by atoms with E-state index in [0.717, 1.165) is 17.5 Å². The maximum Gasteiger partial charge on any atom is 0.123 e. The Kier molecular flexibility index (Phi) is 4.11. The van der Waals surface area contributed by atoms with Gasteiger partial charge in [0.05, 0.1) is 0 Å². The van der Waals surface area contributed by atoms with Crippen LogP contribution in [0, 0.1) is 5.82 Å². The number of hydrogen-bond acceptors (Lipinski definition) is 1. The predicted octanol–water partition coefficient (Wildman–Crippen LogP) is 4.16. The fourth-order valence-electron chi connectivity index (χ4n) is 2.21. The van der Waals surface area contributed by atoms with E-state index < -0.39 is 0 Å². The molecule has 2 rings (SSSR count). The molecule has 1 N–H and O–H groups in total. The zero-order valence-corrected chi connectivity index (χ0v) is 10.8. The molecular formula is C16H18FN. The van der Waals surface area contributed by atoms with Gasteiger partial charge < -0.3 is 5.32 Å². The van der Waals surface area contributed by atoms with Gasteiger partial charge in [-0.25, -0.2) is 4.39 Å². The Bertz CT molecular complexity index is 518. The van der Waals surface area contributed by atoms with E-state index in [2.05, 4.69) is 24.4 Å². The summed E-state index contributed by atoms with van der Waals surface area (Å²) in [7, 11) is 1.96. The first-order chi connectivity index (χ1) is 8.74. The molecule has 2 heteroatoms. The average Bonchev–Trinajstić information content (AvgIpc) is 2.41. The summed E-state index contributed by atoms with van der Waals surface area (Å²) >= 11 is 0. The van der Waals surface area contributed by atoms with Gasteiger partial charge in [-0.3, -0.25) is 0 Å². The topological polar surface area (TPSA) is 12.0 Å². The van der Waals surface area contributed by atoms with E-state index >= 15 is 0 Å². The van der Waals surface area contributed by atoms with E-state index in [1.54, 1.807) is 12.1 Å². The first-order valence-corrected chi connectivity index (χ1v) is 6.27. The molecule has 1 unspecified atom stereocenters. The summed E-state index contributed by atoms with van der Waals surface area (Å²) < 4.78 is 13.2. The van der Waals surface area contributed by atoms with E-state index in [1.807, 2.05) is 25.2 Å². The molecule has 0 saturated carbocycles. The van der Waals surface area contributed by atoms with Crippen LogP contribution in [0.2, 0.25) is 0 Å². The molecule has 0 bridgehead atoms. The lowest BCUT2D eigenvalue weighted by molar-refractivity contribution is 0.577. The molecule has 0 aliphatic heterocycles. The largest absolute Gasteiger partial charge is 0.313 e. The minimum absolute atomic E-state index is 0.196. The summed E-state index contributed by atoms with van der Waals surface area (Å²) in [4.78, 5) is 0. The number of hydrogen-bond donors (Lipinski definition) is 1. The molecule has 94 valence electrons. The van der Waals surface area contributed by atoms with Crippen molar-refractivity contribution < 1.29 is 4.39 Å². The highest BCUT2D eigenvalue weighted by atomic mass is 19.1. The molecule has 1 atom stereocenters. The van der Waals surface area contributed by atoms with Crippen LogP contribution in [0.4, 0.5) is 4.39 Å². The van der Waals surface area contributed by atoms with Crippen molar-refractivity contribution in [2.45, 2.75) is 19.4 Å². The Balaban J connectivity index is 2.38. The van der Waals surface area contributed by atoms with Crippen molar-refractivity contribution in [3.8, 4) is 11.1 Å². The van der Waals surface area contributed by atoms with E-state index in [0.29, 0.717) is 6.04 Å². The lowest BCUT2D eigenvalue weighted by atomic mass is 9.98. The standard InChI is InChI=1S/C16H18FN/c1-3-16(18-2)14-8-4-6-12(10-14)13-7-5-9-15(17)11-13/h4-11,16,18H,3H2,1-2H3. The summed E-state index contributed by atoms with van der Waals surface area (Å²) in [5, 5.41) is 3.28. The molecule has 0 fully saturated rings. The fraction of sp³-hybridized carbons (Fsp3) is 0.250. The normalized spacial score (nSPS) is 12.4. The van der Waals surface area contributed by atoms with Gasteiger partial charge in [0, 0.05) is 6.04 Å². The minimum Gasteiger partial charge on any atom is -0.313 e. The zero-order chi connectivity index (χ0) is 13.0. The molecule has 0 spiro atoms. The van der Waals surface area contributed by atoms with Crippen molar-refractivity contribution >= 4 is 0 Å². The fourth-order valence-corrected chi connectivity index (χ4v) is 2.21. The molecule has 0 amide bonds. The number of halogens is 1. The molecular weight excluding hydrogens is 225 g/mol. The molecule has 0 saturated heterocycles. The number of rotatable bonds is 4. The quantitative estimate of drug-likeness (QED) is 0.850. The molecule has 2 aromatic carbocycles. The lowest BCUT2D eigenvalue weighted by Crippen LogP contribution is -2.15. The van der Waals surface area contributed by atoms with Crippen LogP contribution in [0.3, 0.4) is 0 Å². The van der Waals surface area contributed by atoms with Gasteiger partial charge in [0.1, 0.15) is 5.82 Å². The Morgan fingerprint density at radius 2 is 1.72 bits per heavy atom. The van der Waals surface area contributed by atoms with Crippen LogP contribution in [0.5, 0.6) is 0 Å². The monoisotopic (exact) mass is 243 g/mol. The predicted molar refractivity (Wildman–Crippen MR) is 73.9 cm³/mol. The highest BCUT2D eigenvalue weighted by Gasteiger charge is 2.07. The molecule has 0 aliphatic carbocycles. The number of nitrogens with one attached hydrogen (secondary N) is 1. The molecule has 0 radical (unpaired) electrons. The summed E-state index contributed by atoms with van der Waals surface area (Å²) in [6.07, 6.45) is 1.03. The van der Waals surface area contributed by atoms with Gasteiger partial charge in [0.15, 0.2) is 0 Å². The van der Waals surface area contributed by atoms with Crippen LogP contribution < -0.4 is 5.32 Å². The molecule has 0 aliphatic rings. The van der Waals surface area contributed by atoms with E-state index in [4.69, 9.17) is 0 Å². The maximum absolute atomic E-state index is 13.2. The van der Waals surface area contributed by atoms with Crippen LogP contribution in [-0.4, -0.2) is 7.05 Å². The van der Waals surface area contributed by atoms with Crippen molar-refractivity contribution in [1.82, 2.24) is 5.32 Å². The van der Waals surface area contributed by atoms with Gasteiger partial charge in [-0.15, -0.1) is 0 Å². The summed E-state index contributed by atoms with van der Waals surface area (Å²) in [6.45, 7) is 2.15. The Morgan fingerprint density at radius 1 is 1.06 bits per heavy atom. The number of benzene rings is 2. The van der Waals surface area contributed by atoms with E-state index in [9.17, 15) is 4.39 Å². The first kappa shape index (κ1) is 12.8. The lowest BCUT2D eigenvalue weighted by Gasteiger charge is -2.15. The van der Waals surface area contributed by atoms with E-state index in [1.165, 1.54) is 11.6 Å². The highest BCUT2D eigenvalue weighted by Crippen LogP contribution is 2.24. The first-order valence-electron chi connectivity index (χ1n) is 6.27. The van der Waals surface area contributed by atoms with Crippen LogP contribution in [0.25, 0.3) is 11.1 Å². The van der Waals surface area contributed by atoms with Crippen molar-refractivity contribution in [3.63, 3.8) is 0 Å². The molecule has 0 aromatic heterocycles. The van der Waals surface area contributed by atoms with Gasteiger partial charge in [-0.2, -0.15) is 0 Å². The van der Waals surface area contributed by atoms with Gasteiger partial charge in [-0.1, -0.05) is 37.3 Å². The SMILES string of the molecule is CCC(NC)c1cccc(-c2cccc(F)c2)c1. The second-order valence-corrected chi connectivity index (χ2v) is 4.39. The van der Waals surface area contributed by atoms with Gasteiger partial charge in [0.2, 0.25) is 0 Å². The van der Waals surface area contributed by atoms with Crippen LogP contribution >= 0.6 is 0 Å². The third-order valence-electron chi connectivity index (χ3n) is 3.20. The van der Waals surface area contributed by atoms with Crippen molar-refractivity contribution in [2.24, 2.45) is 0 Å². The minimum atomic E-state index is -0.196. The second kappa shape index (κ2) is 5.78. The van der Waals surface area contributed by atoms with Gasteiger partial charge in [0.25, 0.3) is 0 Å². The Labute approximate surface area is 108 Å². The summed E-state index contributed by atoms with van der Waals surface area (Å²) in [5.41, 5.74) is 3.21.